The number of rotatable bonds is 6. The van der Waals surface area contributed by atoms with Crippen molar-refractivity contribution in [2.45, 2.75) is 18.9 Å². The van der Waals surface area contributed by atoms with Crippen LogP contribution in [0.25, 0.3) is 0 Å². The molecule has 2 N–H and O–H groups in total. The maximum Gasteiger partial charge on any atom is 0.0937 e. The number of thioether (sulfide) groups is 1. The van der Waals surface area contributed by atoms with Gasteiger partial charge in [0.25, 0.3) is 0 Å². The molecule has 1 unspecified atom stereocenters. The van der Waals surface area contributed by atoms with Gasteiger partial charge in [-0.1, -0.05) is 0 Å². The SMILES string of the molecule is c1csc(CCNCCC2CSCCN2)n1. The van der Waals surface area contributed by atoms with Gasteiger partial charge < -0.3 is 10.6 Å². The van der Waals surface area contributed by atoms with Gasteiger partial charge in [-0.25, -0.2) is 4.98 Å². The van der Waals surface area contributed by atoms with E-state index in [1.54, 1.807) is 11.3 Å². The van der Waals surface area contributed by atoms with Crippen LogP contribution in [0, 0.1) is 0 Å². The van der Waals surface area contributed by atoms with Crippen LogP contribution in [0.4, 0.5) is 0 Å². The highest BCUT2D eigenvalue weighted by Gasteiger charge is 2.11. The van der Waals surface area contributed by atoms with Gasteiger partial charge in [0.1, 0.15) is 0 Å². The smallest absolute Gasteiger partial charge is 0.0937 e. The van der Waals surface area contributed by atoms with E-state index in [2.05, 4.69) is 27.4 Å². The molecule has 1 saturated heterocycles. The summed E-state index contributed by atoms with van der Waals surface area (Å²) in [5.41, 5.74) is 0. The molecular formula is C11H19N3S2. The summed E-state index contributed by atoms with van der Waals surface area (Å²) in [7, 11) is 0. The molecule has 1 aromatic heterocycles. The number of hydrogen-bond donors (Lipinski definition) is 2. The van der Waals surface area contributed by atoms with Crippen molar-refractivity contribution in [3.05, 3.63) is 16.6 Å². The Morgan fingerprint density at radius 2 is 2.50 bits per heavy atom. The molecule has 0 aliphatic carbocycles. The minimum absolute atomic E-state index is 0.714. The summed E-state index contributed by atoms with van der Waals surface area (Å²) in [4.78, 5) is 4.27. The number of nitrogens with zero attached hydrogens (tertiary/aromatic N) is 1. The van der Waals surface area contributed by atoms with Crippen molar-refractivity contribution < 1.29 is 0 Å². The fourth-order valence-corrected chi connectivity index (χ4v) is 3.40. The molecular weight excluding hydrogens is 238 g/mol. The number of thiazole rings is 1. The molecule has 0 bridgehead atoms. The molecule has 1 fully saturated rings. The lowest BCUT2D eigenvalue weighted by Gasteiger charge is -2.23. The van der Waals surface area contributed by atoms with E-state index in [1.165, 1.54) is 29.5 Å². The topological polar surface area (TPSA) is 37.0 Å². The van der Waals surface area contributed by atoms with Crippen LogP contribution in [0.15, 0.2) is 11.6 Å². The number of nitrogens with one attached hydrogen (secondary N) is 2. The van der Waals surface area contributed by atoms with Crippen LogP contribution in [0.1, 0.15) is 11.4 Å². The summed E-state index contributed by atoms with van der Waals surface area (Å²) in [5.74, 6) is 2.54. The average Bonchev–Trinajstić information content (AvgIpc) is 2.83. The second-order valence-corrected chi connectivity index (χ2v) is 6.07. The maximum atomic E-state index is 4.27. The molecule has 5 heteroatoms. The second kappa shape index (κ2) is 7.27. The Bertz CT molecular complexity index is 271. The van der Waals surface area contributed by atoms with Crippen molar-refractivity contribution in [2.24, 2.45) is 0 Å². The van der Waals surface area contributed by atoms with Gasteiger partial charge >= 0.3 is 0 Å². The Kier molecular flexibility index (Phi) is 5.62. The summed E-state index contributed by atoms with van der Waals surface area (Å²) in [5, 5.41) is 10.3. The molecule has 1 aromatic rings. The molecule has 3 nitrogen and oxygen atoms in total. The van der Waals surface area contributed by atoms with E-state index in [9.17, 15) is 0 Å². The molecule has 0 radical (unpaired) electrons. The summed E-state index contributed by atoms with van der Waals surface area (Å²) >= 11 is 3.81. The van der Waals surface area contributed by atoms with E-state index in [0.717, 1.165) is 19.5 Å². The third-order valence-electron chi connectivity index (χ3n) is 2.67. The first-order chi connectivity index (χ1) is 7.95. The minimum Gasteiger partial charge on any atom is -0.316 e. The first-order valence-corrected chi connectivity index (χ1v) is 7.89. The predicted octanol–water partition coefficient (Wildman–Crippen LogP) is 1.37. The zero-order valence-electron chi connectivity index (χ0n) is 9.45. The fraction of sp³-hybridized carbons (Fsp3) is 0.727. The molecule has 0 aromatic carbocycles. The normalized spacial score (nSPS) is 21.1. The monoisotopic (exact) mass is 257 g/mol. The van der Waals surface area contributed by atoms with Gasteiger partial charge in [0.15, 0.2) is 0 Å². The second-order valence-electron chi connectivity index (χ2n) is 3.94. The van der Waals surface area contributed by atoms with Crippen LogP contribution in [0.3, 0.4) is 0 Å². The Hall–Kier alpha value is -0.100. The van der Waals surface area contributed by atoms with Crippen molar-refractivity contribution in [3.63, 3.8) is 0 Å². The zero-order valence-corrected chi connectivity index (χ0v) is 11.1. The van der Waals surface area contributed by atoms with Crippen LogP contribution in [0.5, 0.6) is 0 Å². The molecule has 1 aliphatic rings. The summed E-state index contributed by atoms with van der Waals surface area (Å²) < 4.78 is 0. The molecule has 2 heterocycles. The van der Waals surface area contributed by atoms with Crippen LogP contribution >= 0.6 is 23.1 Å². The van der Waals surface area contributed by atoms with Crippen molar-refractivity contribution in [1.82, 2.24) is 15.6 Å². The standard InChI is InChI=1S/C11H19N3S2/c1(10-9-15-7-5-13-10)3-12-4-2-11-14-6-8-16-11/h6,8,10,12-13H,1-5,7,9H2. The van der Waals surface area contributed by atoms with E-state index < -0.39 is 0 Å². The minimum atomic E-state index is 0.714. The number of hydrogen-bond acceptors (Lipinski definition) is 5. The van der Waals surface area contributed by atoms with Crippen molar-refractivity contribution in [1.29, 1.82) is 0 Å². The van der Waals surface area contributed by atoms with E-state index >= 15 is 0 Å². The zero-order chi connectivity index (χ0) is 11.1. The lowest BCUT2D eigenvalue weighted by atomic mass is 10.2. The predicted molar refractivity (Wildman–Crippen MR) is 72.4 cm³/mol. The molecule has 16 heavy (non-hydrogen) atoms. The summed E-state index contributed by atoms with van der Waals surface area (Å²) in [6.45, 7) is 3.34. The van der Waals surface area contributed by atoms with Crippen LogP contribution in [-0.2, 0) is 6.42 Å². The third-order valence-corrected chi connectivity index (χ3v) is 4.64. The Labute approximate surface area is 105 Å². The van der Waals surface area contributed by atoms with Gasteiger partial charge in [0, 0.05) is 48.6 Å². The summed E-state index contributed by atoms with van der Waals surface area (Å²) in [6, 6.07) is 0.714. The van der Waals surface area contributed by atoms with Crippen LogP contribution in [-0.4, -0.2) is 42.2 Å². The Morgan fingerprint density at radius 1 is 1.50 bits per heavy atom. The Balaban J connectivity index is 1.48. The molecule has 90 valence electrons. The maximum absolute atomic E-state index is 4.27. The van der Waals surface area contributed by atoms with E-state index in [1.807, 2.05) is 11.6 Å². The molecule has 0 amide bonds. The third kappa shape index (κ3) is 4.41. The average molecular weight is 257 g/mol. The lowest BCUT2D eigenvalue weighted by Crippen LogP contribution is -2.39. The van der Waals surface area contributed by atoms with Gasteiger partial charge in [-0.15, -0.1) is 11.3 Å². The first-order valence-electron chi connectivity index (χ1n) is 5.85. The van der Waals surface area contributed by atoms with E-state index in [0.29, 0.717) is 6.04 Å². The van der Waals surface area contributed by atoms with Crippen LogP contribution < -0.4 is 10.6 Å². The Morgan fingerprint density at radius 3 is 3.25 bits per heavy atom. The van der Waals surface area contributed by atoms with Crippen molar-refractivity contribution in [2.75, 3.05) is 31.1 Å². The van der Waals surface area contributed by atoms with Crippen LogP contribution in [0.2, 0.25) is 0 Å². The van der Waals surface area contributed by atoms with Crippen molar-refractivity contribution in [3.8, 4) is 0 Å². The van der Waals surface area contributed by atoms with Gasteiger partial charge in [0.2, 0.25) is 0 Å². The molecule has 2 rings (SSSR count). The lowest BCUT2D eigenvalue weighted by molar-refractivity contribution is 0.504. The highest BCUT2D eigenvalue weighted by molar-refractivity contribution is 7.99. The molecule has 1 atom stereocenters. The van der Waals surface area contributed by atoms with E-state index in [-0.39, 0.29) is 0 Å². The van der Waals surface area contributed by atoms with Gasteiger partial charge in [-0.05, 0) is 13.0 Å². The molecule has 1 aliphatic heterocycles. The largest absolute Gasteiger partial charge is 0.316 e. The summed E-state index contributed by atoms with van der Waals surface area (Å²) in [6.07, 6.45) is 4.18. The first kappa shape index (κ1) is 12.4. The fourth-order valence-electron chi connectivity index (χ4n) is 1.78. The van der Waals surface area contributed by atoms with Crippen molar-refractivity contribution >= 4 is 23.1 Å². The highest BCUT2D eigenvalue weighted by Crippen LogP contribution is 2.09. The highest BCUT2D eigenvalue weighted by atomic mass is 32.2. The molecule has 0 spiro atoms. The quantitative estimate of drug-likeness (QED) is 0.755. The van der Waals surface area contributed by atoms with E-state index in [4.69, 9.17) is 0 Å². The number of aromatic nitrogens is 1. The van der Waals surface area contributed by atoms with Gasteiger partial charge in [0.05, 0.1) is 5.01 Å². The van der Waals surface area contributed by atoms with Gasteiger partial charge in [-0.3, -0.25) is 0 Å². The molecule has 0 saturated carbocycles. The van der Waals surface area contributed by atoms with Gasteiger partial charge in [-0.2, -0.15) is 11.8 Å².